The first-order valence-electron chi connectivity index (χ1n) is 10.8. The van der Waals surface area contributed by atoms with Crippen LogP contribution in [0.15, 0.2) is 0 Å². The molecule has 2 atom stereocenters. The normalized spacial score (nSPS) is 12.2. The van der Waals surface area contributed by atoms with Crippen LogP contribution in [-0.2, 0) is 19.2 Å². The molecule has 33 heavy (non-hydrogen) atoms. The smallest absolute Gasteiger partial charge is 0.300 e. The van der Waals surface area contributed by atoms with Crippen molar-refractivity contribution in [1.82, 2.24) is 4.90 Å². The number of amides is 1. The van der Waals surface area contributed by atoms with E-state index in [1.807, 2.05) is 0 Å². The Labute approximate surface area is 196 Å². The first-order chi connectivity index (χ1) is 15.1. The third-order valence-electron chi connectivity index (χ3n) is 3.68. The minimum Gasteiger partial charge on any atom is -0.481 e. The first-order valence-corrected chi connectivity index (χ1v) is 10.8. The van der Waals surface area contributed by atoms with E-state index >= 15 is 0 Å². The molecule has 198 valence electrons. The van der Waals surface area contributed by atoms with Gasteiger partial charge in [0.1, 0.15) is 5.66 Å². The molecule has 0 fully saturated rings. The second-order valence-electron chi connectivity index (χ2n) is 7.36. The second-order valence-corrected chi connectivity index (χ2v) is 7.36. The second kappa shape index (κ2) is 24.4. The van der Waals surface area contributed by atoms with Gasteiger partial charge < -0.3 is 41.9 Å². The van der Waals surface area contributed by atoms with E-state index in [1.165, 1.54) is 11.3 Å². The van der Waals surface area contributed by atoms with Gasteiger partial charge in [0.05, 0.1) is 6.10 Å². The summed E-state index contributed by atoms with van der Waals surface area (Å²) < 4.78 is 0. The molecule has 0 aliphatic heterocycles. The Morgan fingerprint density at radius 3 is 1.61 bits per heavy atom. The van der Waals surface area contributed by atoms with E-state index in [9.17, 15) is 9.90 Å². The van der Waals surface area contributed by atoms with E-state index in [1.54, 1.807) is 6.92 Å². The van der Waals surface area contributed by atoms with Crippen LogP contribution in [0.2, 0.25) is 0 Å². The standard InChI is InChI=1S/C15H33N3O3.3C2H4O2/c1-3-4-5-6-7-8-14(21)18(11-13(2)20)15(17,12-16)9-10-19;3*1-2(3)4/h13,19-20H,3-12,16-17H2,1-2H3;3*1H3,(H,3,4). The fraction of sp³-hybridized carbons (Fsp3) is 0.810. The van der Waals surface area contributed by atoms with Crippen molar-refractivity contribution in [2.45, 2.75) is 91.3 Å². The molecule has 0 heterocycles. The Morgan fingerprint density at radius 1 is 0.909 bits per heavy atom. The summed E-state index contributed by atoms with van der Waals surface area (Å²) in [5.74, 6) is -2.60. The average molecular weight is 484 g/mol. The summed E-state index contributed by atoms with van der Waals surface area (Å²) >= 11 is 0. The SMILES string of the molecule is CC(=O)O.CC(=O)O.CC(=O)O.CCCCCCCC(=O)N(CC(C)O)C(N)(CN)CCO. The van der Waals surface area contributed by atoms with Crippen LogP contribution in [0.25, 0.3) is 0 Å². The van der Waals surface area contributed by atoms with Crippen molar-refractivity contribution < 1.29 is 44.7 Å². The number of carbonyl (C=O) groups is 4. The maximum absolute atomic E-state index is 12.4. The van der Waals surface area contributed by atoms with Crippen LogP contribution in [0.3, 0.4) is 0 Å². The molecule has 0 aromatic carbocycles. The van der Waals surface area contributed by atoms with E-state index in [0.29, 0.717) is 6.42 Å². The number of unbranched alkanes of at least 4 members (excludes halogenated alkanes) is 4. The van der Waals surface area contributed by atoms with Crippen molar-refractivity contribution in [3.05, 3.63) is 0 Å². The molecule has 0 saturated carbocycles. The van der Waals surface area contributed by atoms with Crippen molar-refractivity contribution in [3.63, 3.8) is 0 Å². The maximum Gasteiger partial charge on any atom is 0.300 e. The monoisotopic (exact) mass is 483 g/mol. The molecule has 0 rings (SSSR count). The Balaban J connectivity index is -0.000000287. The van der Waals surface area contributed by atoms with Gasteiger partial charge in [-0.15, -0.1) is 0 Å². The Bertz CT molecular complexity index is 491. The molecule has 0 bridgehead atoms. The summed E-state index contributed by atoms with van der Waals surface area (Å²) in [5, 5.41) is 41.0. The number of rotatable bonds is 12. The van der Waals surface area contributed by atoms with Gasteiger partial charge in [-0.05, 0) is 13.3 Å². The minimum absolute atomic E-state index is 0.0574. The average Bonchev–Trinajstić information content (AvgIpc) is 2.64. The van der Waals surface area contributed by atoms with Crippen LogP contribution < -0.4 is 11.5 Å². The van der Waals surface area contributed by atoms with Gasteiger partial charge in [0.15, 0.2) is 0 Å². The highest BCUT2D eigenvalue weighted by Gasteiger charge is 2.34. The van der Waals surface area contributed by atoms with Crippen molar-refractivity contribution >= 4 is 23.8 Å². The van der Waals surface area contributed by atoms with Gasteiger partial charge in [-0.3, -0.25) is 19.2 Å². The molecule has 9 N–H and O–H groups in total. The summed E-state index contributed by atoms with van der Waals surface area (Å²) in [5.41, 5.74) is 10.8. The molecule has 0 spiro atoms. The molecule has 0 saturated heterocycles. The topological polar surface area (TPSA) is 225 Å². The predicted molar refractivity (Wildman–Crippen MR) is 124 cm³/mol. The van der Waals surface area contributed by atoms with Crippen LogP contribution in [0.1, 0.15) is 79.6 Å². The van der Waals surface area contributed by atoms with E-state index in [4.69, 9.17) is 46.3 Å². The van der Waals surface area contributed by atoms with E-state index in [-0.39, 0.29) is 32.0 Å². The zero-order valence-electron chi connectivity index (χ0n) is 20.6. The van der Waals surface area contributed by atoms with Crippen LogP contribution >= 0.6 is 0 Å². The number of carboxylic acid groups (broad SMARTS) is 3. The van der Waals surface area contributed by atoms with Gasteiger partial charge in [0.25, 0.3) is 17.9 Å². The molecule has 0 aliphatic carbocycles. The minimum atomic E-state index is -1.09. The zero-order chi connectivity index (χ0) is 27.0. The quantitative estimate of drug-likeness (QED) is 0.152. The lowest BCUT2D eigenvalue weighted by molar-refractivity contribution is -0.140. The molecular formula is C21H45N3O9. The number of hydrogen-bond donors (Lipinski definition) is 7. The lowest BCUT2D eigenvalue weighted by Gasteiger charge is -2.41. The Morgan fingerprint density at radius 2 is 1.30 bits per heavy atom. The van der Waals surface area contributed by atoms with E-state index in [2.05, 4.69) is 6.92 Å². The number of aliphatic carboxylic acids is 3. The third kappa shape index (κ3) is 34.5. The summed E-state index contributed by atoms with van der Waals surface area (Å²) in [4.78, 5) is 40.8. The predicted octanol–water partition coefficient (Wildman–Crippen LogP) is 0.825. The lowest BCUT2D eigenvalue weighted by Crippen LogP contribution is -2.64. The number of hydrogen-bond acceptors (Lipinski definition) is 8. The fourth-order valence-corrected chi connectivity index (χ4v) is 2.35. The van der Waals surface area contributed by atoms with Crippen molar-refractivity contribution in [3.8, 4) is 0 Å². The summed E-state index contributed by atoms with van der Waals surface area (Å²) in [6, 6.07) is 0. The largest absolute Gasteiger partial charge is 0.481 e. The van der Waals surface area contributed by atoms with Gasteiger partial charge in [-0.1, -0.05) is 32.6 Å². The number of carbonyl (C=O) groups excluding carboxylic acids is 1. The lowest BCUT2D eigenvalue weighted by atomic mass is 10.0. The first kappa shape index (κ1) is 38.0. The molecule has 0 radical (unpaired) electrons. The van der Waals surface area contributed by atoms with Gasteiger partial charge in [0, 0.05) is 53.3 Å². The number of aliphatic hydroxyl groups is 2. The molecular weight excluding hydrogens is 438 g/mol. The summed E-state index contributed by atoms with van der Waals surface area (Å²) in [7, 11) is 0. The molecule has 12 heteroatoms. The van der Waals surface area contributed by atoms with Gasteiger partial charge in [0.2, 0.25) is 5.91 Å². The van der Waals surface area contributed by atoms with Gasteiger partial charge in [-0.25, -0.2) is 0 Å². The zero-order valence-corrected chi connectivity index (χ0v) is 20.6. The maximum atomic E-state index is 12.4. The number of nitrogens with two attached hydrogens (primary N) is 2. The molecule has 2 unspecified atom stereocenters. The molecule has 0 aromatic rings. The van der Waals surface area contributed by atoms with Crippen LogP contribution in [0, 0.1) is 0 Å². The summed E-state index contributed by atoms with van der Waals surface area (Å²) in [6.07, 6.45) is 5.23. The van der Waals surface area contributed by atoms with Gasteiger partial charge >= 0.3 is 0 Å². The van der Waals surface area contributed by atoms with Crippen molar-refractivity contribution in [1.29, 1.82) is 0 Å². The Kier molecular flexibility index (Phi) is 28.1. The van der Waals surface area contributed by atoms with E-state index < -0.39 is 29.7 Å². The van der Waals surface area contributed by atoms with Crippen molar-refractivity contribution in [2.24, 2.45) is 11.5 Å². The van der Waals surface area contributed by atoms with Gasteiger partial charge in [-0.2, -0.15) is 0 Å². The number of carboxylic acids is 3. The highest BCUT2D eigenvalue weighted by Crippen LogP contribution is 2.16. The number of nitrogens with zero attached hydrogens (tertiary/aromatic N) is 1. The highest BCUT2D eigenvalue weighted by atomic mass is 16.4. The van der Waals surface area contributed by atoms with E-state index in [0.717, 1.165) is 46.5 Å². The molecule has 1 amide bonds. The summed E-state index contributed by atoms with van der Waals surface area (Å²) in [6.45, 7) is 7.06. The van der Waals surface area contributed by atoms with Crippen LogP contribution in [0.4, 0.5) is 0 Å². The third-order valence-corrected chi connectivity index (χ3v) is 3.68. The molecule has 12 nitrogen and oxygen atoms in total. The van der Waals surface area contributed by atoms with Crippen LogP contribution in [-0.4, -0.2) is 85.7 Å². The Hall–Kier alpha value is -2.28. The fourth-order valence-electron chi connectivity index (χ4n) is 2.35. The van der Waals surface area contributed by atoms with Crippen LogP contribution in [0.5, 0.6) is 0 Å². The molecule has 0 aromatic heterocycles. The molecule has 0 aliphatic rings. The van der Waals surface area contributed by atoms with Crippen molar-refractivity contribution in [2.75, 3.05) is 19.7 Å². The number of aliphatic hydroxyl groups excluding tert-OH is 2. The highest BCUT2D eigenvalue weighted by molar-refractivity contribution is 5.77.